The Kier molecular flexibility index (Phi) is 8.64. The molecule has 0 bridgehead atoms. The molecule has 9 nitrogen and oxygen atoms in total. The van der Waals surface area contributed by atoms with Crippen molar-refractivity contribution in [1.29, 1.82) is 0 Å². The van der Waals surface area contributed by atoms with Crippen molar-refractivity contribution in [1.82, 2.24) is 0 Å². The van der Waals surface area contributed by atoms with Crippen molar-refractivity contribution in [3.8, 4) is 0 Å². The molecular weight excluding hydrogens is 759 g/mol. The minimum atomic E-state index is -3.11. The fourth-order valence-corrected chi connectivity index (χ4v) is 26.5. The fraction of sp³-hybridized carbons (Fsp3) is 0.0667. The van der Waals surface area contributed by atoms with Crippen molar-refractivity contribution >= 4 is 90.7 Å². The minimum Gasteiger partial charge on any atom is -0.264 e. The topological polar surface area (TPSA) is 56.5 Å². The molecule has 4 heterocycles. The molecule has 6 aromatic carbocycles. The van der Waals surface area contributed by atoms with Crippen LogP contribution in [0.15, 0.2) is 197 Å². The molecule has 4 aliphatic rings. The van der Waals surface area contributed by atoms with Crippen LogP contribution in [0.4, 0.5) is 34.1 Å². The molecule has 10 rings (SSSR count). The van der Waals surface area contributed by atoms with Gasteiger partial charge >= 0.3 is 0 Å². The van der Waals surface area contributed by atoms with Gasteiger partial charge in [0.2, 0.25) is 0 Å². The molecule has 0 atom stereocenters. The van der Waals surface area contributed by atoms with Crippen LogP contribution in [0.3, 0.4) is 0 Å². The lowest BCUT2D eigenvalue weighted by molar-refractivity contribution is 1.12. The zero-order chi connectivity index (χ0) is 38.6. The van der Waals surface area contributed by atoms with E-state index in [9.17, 15) is 0 Å². The molecule has 0 amide bonds. The SMILES string of the molecule is CC1=NN(c2ccccc2)P2(=C1)N(c1ccccc1)P1(=CC(C)=NN1c1ccccc1)N(c1ccccc1)P1(=CC(C)=NN1c1ccccc1)N2c1ccccc1. The molecule has 1 fully saturated rings. The fourth-order valence-electron chi connectivity index (χ4n) is 8.34. The Balaban J connectivity index is 1.47. The summed E-state index contributed by atoms with van der Waals surface area (Å²) in [4.78, 5) is 0. The van der Waals surface area contributed by atoms with Crippen LogP contribution in [0.25, 0.3) is 0 Å². The zero-order valence-corrected chi connectivity index (χ0v) is 34.6. The summed E-state index contributed by atoms with van der Waals surface area (Å²) in [5.41, 5.74) is 9.10. The van der Waals surface area contributed by atoms with Gasteiger partial charge in [0, 0.05) is 34.5 Å². The summed E-state index contributed by atoms with van der Waals surface area (Å²) >= 11 is 0. The van der Waals surface area contributed by atoms with Crippen molar-refractivity contribution in [2.45, 2.75) is 20.8 Å². The van der Waals surface area contributed by atoms with E-state index in [1.807, 2.05) is 0 Å². The number of hydrazone groups is 3. The number of rotatable bonds is 6. The number of nitrogens with zero attached hydrogens (tertiary/aromatic N) is 9. The van der Waals surface area contributed by atoms with Crippen molar-refractivity contribution in [3.05, 3.63) is 182 Å². The highest BCUT2D eigenvalue weighted by molar-refractivity contribution is 8.12. The average molecular weight is 802 g/mol. The molecule has 282 valence electrons. The van der Waals surface area contributed by atoms with Gasteiger partial charge in [0.25, 0.3) is 0 Å². The van der Waals surface area contributed by atoms with E-state index >= 15 is 0 Å². The number of para-hydroxylation sites is 6. The van der Waals surface area contributed by atoms with E-state index in [0.717, 1.165) is 51.3 Å². The second kappa shape index (κ2) is 13.9. The summed E-state index contributed by atoms with van der Waals surface area (Å²) in [5.74, 6) is 7.42. The Morgan fingerprint density at radius 1 is 0.281 bits per heavy atom. The first-order chi connectivity index (χ1) is 28.0. The molecule has 0 aromatic heterocycles. The maximum Gasteiger partial charge on any atom is 0.188 e. The first-order valence-electron chi connectivity index (χ1n) is 19.0. The molecule has 0 unspecified atom stereocenters. The van der Waals surface area contributed by atoms with E-state index in [1.54, 1.807) is 0 Å². The molecule has 12 heteroatoms. The Labute approximate surface area is 335 Å². The van der Waals surface area contributed by atoms with Gasteiger partial charge < -0.3 is 0 Å². The average Bonchev–Trinajstić information content (AvgIpc) is 3.89. The second-order valence-electron chi connectivity index (χ2n) is 14.2. The van der Waals surface area contributed by atoms with Crippen LogP contribution in [0.2, 0.25) is 0 Å². The maximum absolute atomic E-state index is 5.57. The maximum atomic E-state index is 5.57. The van der Waals surface area contributed by atoms with Crippen molar-refractivity contribution < 1.29 is 0 Å². The Morgan fingerprint density at radius 2 is 0.474 bits per heavy atom. The van der Waals surface area contributed by atoms with Crippen LogP contribution in [0.5, 0.6) is 0 Å². The van der Waals surface area contributed by atoms with Gasteiger partial charge in [-0.15, -0.1) is 0 Å². The third-order valence-electron chi connectivity index (χ3n) is 10.3. The monoisotopic (exact) mass is 801 g/mol. The van der Waals surface area contributed by atoms with Crippen LogP contribution in [0.1, 0.15) is 20.8 Å². The molecule has 1 saturated heterocycles. The van der Waals surface area contributed by atoms with E-state index < -0.39 is 22.0 Å². The summed E-state index contributed by atoms with van der Waals surface area (Å²) in [7, 11) is -9.34. The van der Waals surface area contributed by atoms with Gasteiger partial charge in [-0.25, -0.2) is 14.3 Å². The van der Waals surface area contributed by atoms with Crippen LogP contribution in [0, 0.1) is 0 Å². The van der Waals surface area contributed by atoms with Crippen molar-refractivity contribution in [3.63, 3.8) is 0 Å². The van der Waals surface area contributed by atoms with Crippen LogP contribution < -0.4 is 27.7 Å². The van der Waals surface area contributed by atoms with Crippen molar-refractivity contribution in [2.24, 2.45) is 15.3 Å². The van der Waals surface area contributed by atoms with E-state index in [1.165, 1.54) is 0 Å². The quantitative estimate of drug-likeness (QED) is 0.156. The van der Waals surface area contributed by atoms with E-state index in [2.05, 4.69) is 248 Å². The van der Waals surface area contributed by atoms with Gasteiger partial charge in [-0.1, -0.05) is 109 Å². The largest absolute Gasteiger partial charge is 0.264 e. The highest BCUT2D eigenvalue weighted by Gasteiger charge is 2.66. The first-order valence-corrected chi connectivity index (χ1v) is 24.2. The number of hydrogen-bond donors (Lipinski definition) is 0. The van der Waals surface area contributed by atoms with E-state index in [-0.39, 0.29) is 0 Å². The predicted octanol–water partition coefficient (Wildman–Crippen LogP) is 11.9. The lowest BCUT2D eigenvalue weighted by Crippen LogP contribution is -2.53. The number of benzene rings is 6. The third-order valence-corrected chi connectivity index (χ3v) is 24.5. The molecular formula is C45H42N9P3. The van der Waals surface area contributed by atoms with Crippen LogP contribution in [-0.4, -0.2) is 34.5 Å². The summed E-state index contributed by atoms with van der Waals surface area (Å²) in [5, 5.41) is 16.7. The lowest BCUT2D eigenvalue weighted by atomic mass is 10.3. The van der Waals surface area contributed by atoms with Gasteiger partial charge in [-0.3, -0.25) is 13.3 Å². The number of hydrogen-bond acceptors (Lipinski definition) is 9. The summed E-state index contributed by atoms with van der Waals surface area (Å²) in [6.45, 7) is 6.42. The lowest BCUT2D eigenvalue weighted by Gasteiger charge is -2.68. The molecule has 6 aromatic rings. The molecule has 3 spiro atoms. The molecule has 0 aliphatic carbocycles. The summed E-state index contributed by atoms with van der Waals surface area (Å²) in [6.07, 6.45) is 0. The Bertz CT molecular complexity index is 2400. The molecule has 57 heavy (non-hydrogen) atoms. The number of anilines is 6. The summed E-state index contributed by atoms with van der Waals surface area (Å²) < 4.78 is 15.3. The van der Waals surface area contributed by atoms with Crippen LogP contribution >= 0.6 is 22.0 Å². The van der Waals surface area contributed by atoms with Gasteiger partial charge in [0.15, 0.2) is 22.0 Å². The van der Waals surface area contributed by atoms with Gasteiger partial charge in [0.05, 0.1) is 34.2 Å². The molecule has 0 saturated carbocycles. The standard InChI is InChI=1S/C45H42N9P3/c1-37-34-55(49(46-37)40-22-10-4-11-23-40)52(43-28-16-7-17-29-43)56(35-38(2)47-50(56)41-24-12-5-13-25-41)54(45-32-20-9-21-33-45)57(53(55)44-30-18-8-19-31-44)36-39(3)48-51(57)42-26-14-6-15-27-42/h4-36H,1-3H3. The van der Waals surface area contributed by atoms with Gasteiger partial charge in [-0.05, 0) is 93.6 Å². The first kappa shape index (κ1) is 35.4. The molecule has 0 N–H and O–H groups in total. The van der Waals surface area contributed by atoms with E-state index in [0.29, 0.717) is 0 Å². The highest BCUT2D eigenvalue weighted by Crippen LogP contribution is 2.92. The highest BCUT2D eigenvalue weighted by atomic mass is 31.3. The smallest absolute Gasteiger partial charge is 0.188 e. The molecule has 4 aliphatic heterocycles. The van der Waals surface area contributed by atoms with Crippen molar-refractivity contribution in [2.75, 3.05) is 27.7 Å². The zero-order valence-electron chi connectivity index (χ0n) is 31.9. The Hall–Kier alpha value is -5.97. The van der Waals surface area contributed by atoms with E-state index in [4.69, 9.17) is 15.3 Å². The van der Waals surface area contributed by atoms with Gasteiger partial charge in [0.1, 0.15) is 0 Å². The molecule has 0 radical (unpaired) electrons. The Morgan fingerprint density at radius 3 is 0.684 bits per heavy atom. The van der Waals surface area contributed by atoms with Crippen LogP contribution in [-0.2, 0) is 0 Å². The normalized spacial score (nSPS) is 23.7. The predicted molar refractivity (Wildman–Crippen MR) is 252 cm³/mol. The van der Waals surface area contributed by atoms with Gasteiger partial charge in [-0.2, -0.15) is 15.3 Å². The second-order valence-corrected chi connectivity index (χ2v) is 23.2. The minimum absolute atomic E-state index is 0.949. The third kappa shape index (κ3) is 5.34. The summed E-state index contributed by atoms with van der Waals surface area (Å²) in [6, 6.07) is 64.8.